The number of nitrogens with one attached hydrogen (secondary N) is 1. The molecule has 2 amide bonds. The first kappa shape index (κ1) is 24.3. The third-order valence-corrected chi connectivity index (χ3v) is 6.08. The van der Waals surface area contributed by atoms with Crippen molar-refractivity contribution >= 4 is 35.2 Å². The van der Waals surface area contributed by atoms with E-state index in [0.29, 0.717) is 23.9 Å². The van der Waals surface area contributed by atoms with E-state index in [2.05, 4.69) is 37.4 Å². The molecule has 4 nitrogen and oxygen atoms in total. The van der Waals surface area contributed by atoms with Crippen LogP contribution in [0, 0.1) is 6.92 Å². The molecule has 1 N–H and O–H groups in total. The average Bonchev–Trinajstić information content (AvgIpc) is 2.73. The lowest BCUT2D eigenvalue weighted by Gasteiger charge is -2.29. The number of halogens is 1. The van der Waals surface area contributed by atoms with Gasteiger partial charge in [-0.15, -0.1) is 11.8 Å². The first-order valence-electron chi connectivity index (χ1n) is 10.4. The SMILES string of the molecule is CCCCNC(=O)C(C)N(Cc1ccc(Cl)cc1)C(=O)CSCc1cccc(C)c1. The third-order valence-electron chi connectivity index (χ3n) is 4.84. The van der Waals surface area contributed by atoms with Crippen molar-refractivity contribution in [1.29, 1.82) is 0 Å². The summed E-state index contributed by atoms with van der Waals surface area (Å²) < 4.78 is 0. The number of nitrogens with zero attached hydrogens (tertiary/aromatic N) is 1. The minimum absolute atomic E-state index is 0.0410. The molecule has 1 unspecified atom stereocenters. The summed E-state index contributed by atoms with van der Waals surface area (Å²) in [6, 6.07) is 15.1. The molecule has 0 aliphatic heterocycles. The maximum absolute atomic E-state index is 13.0. The molecule has 30 heavy (non-hydrogen) atoms. The van der Waals surface area contributed by atoms with Gasteiger partial charge in [-0.05, 0) is 43.5 Å². The van der Waals surface area contributed by atoms with Crippen molar-refractivity contribution < 1.29 is 9.59 Å². The Hall–Kier alpha value is -1.98. The summed E-state index contributed by atoms with van der Waals surface area (Å²) >= 11 is 7.56. The first-order valence-corrected chi connectivity index (χ1v) is 11.9. The van der Waals surface area contributed by atoms with Crippen LogP contribution in [-0.2, 0) is 21.9 Å². The average molecular weight is 447 g/mol. The molecule has 0 heterocycles. The smallest absolute Gasteiger partial charge is 0.242 e. The molecule has 1 atom stereocenters. The van der Waals surface area contributed by atoms with Crippen LogP contribution in [0.2, 0.25) is 5.02 Å². The van der Waals surface area contributed by atoms with Gasteiger partial charge in [-0.3, -0.25) is 9.59 Å². The van der Waals surface area contributed by atoms with Crippen molar-refractivity contribution in [2.24, 2.45) is 0 Å². The lowest BCUT2D eigenvalue weighted by Crippen LogP contribution is -2.48. The zero-order valence-corrected chi connectivity index (χ0v) is 19.6. The van der Waals surface area contributed by atoms with Gasteiger partial charge in [-0.25, -0.2) is 0 Å². The van der Waals surface area contributed by atoms with Crippen molar-refractivity contribution in [3.8, 4) is 0 Å². The van der Waals surface area contributed by atoms with Gasteiger partial charge in [0, 0.05) is 23.9 Å². The van der Waals surface area contributed by atoms with E-state index in [1.54, 1.807) is 35.7 Å². The van der Waals surface area contributed by atoms with Crippen molar-refractivity contribution in [3.63, 3.8) is 0 Å². The van der Waals surface area contributed by atoms with Gasteiger partial charge in [0.2, 0.25) is 11.8 Å². The number of benzene rings is 2. The highest BCUT2D eigenvalue weighted by Gasteiger charge is 2.25. The Bertz CT molecular complexity index is 826. The number of hydrogen-bond acceptors (Lipinski definition) is 3. The predicted molar refractivity (Wildman–Crippen MR) is 127 cm³/mol. The molecule has 0 spiro atoms. The van der Waals surface area contributed by atoms with Gasteiger partial charge in [0.05, 0.1) is 5.75 Å². The Morgan fingerprint density at radius 1 is 1.13 bits per heavy atom. The van der Waals surface area contributed by atoms with Crippen molar-refractivity contribution in [1.82, 2.24) is 10.2 Å². The zero-order valence-electron chi connectivity index (χ0n) is 18.0. The van der Waals surface area contributed by atoms with Gasteiger partial charge in [-0.1, -0.05) is 66.9 Å². The van der Waals surface area contributed by atoms with E-state index in [-0.39, 0.29) is 11.8 Å². The van der Waals surface area contributed by atoms with Gasteiger partial charge in [0.15, 0.2) is 0 Å². The Morgan fingerprint density at radius 3 is 2.53 bits per heavy atom. The van der Waals surface area contributed by atoms with Crippen LogP contribution in [0.5, 0.6) is 0 Å². The number of thioether (sulfide) groups is 1. The van der Waals surface area contributed by atoms with E-state index in [0.717, 1.165) is 24.2 Å². The van der Waals surface area contributed by atoms with Gasteiger partial charge in [0.25, 0.3) is 0 Å². The molecule has 0 saturated carbocycles. The second kappa shape index (κ2) is 12.7. The standard InChI is InChI=1S/C24H31ClN2O2S/c1-4-5-13-26-24(29)19(3)27(15-20-9-11-22(25)12-10-20)23(28)17-30-16-21-8-6-7-18(2)14-21/h6-12,14,19H,4-5,13,15-17H2,1-3H3,(H,26,29). The van der Waals surface area contributed by atoms with Gasteiger partial charge >= 0.3 is 0 Å². The van der Waals surface area contributed by atoms with Crippen LogP contribution in [0.3, 0.4) is 0 Å². The Kier molecular flexibility index (Phi) is 10.2. The van der Waals surface area contributed by atoms with Gasteiger partial charge in [0.1, 0.15) is 6.04 Å². The molecule has 2 rings (SSSR count). The number of rotatable bonds is 11. The van der Waals surface area contributed by atoms with Crippen molar-refractivity contribution in [3.05, 3.63) is 70.2 Å². The molecule has 0 aliphatic carbocycles. The molecule has 0 saturated heterocycles. The molecule has 0 radical (unpaired) electrons. The number of unbranched alkanes of at least 4 members (excludes halogenated alkanes) is 1. The molecule has 6 heteroatoms. The molecule has 0 aliphatic rings. The fraction of sp³-hybridized carbons (Fsp3) is 0.417. The summed E-state index contributed by atoms with van der Waals surface area (Å²) in [5.41, 5.74) is 3.35. The highest BCUT2D eigenvalue weighted by atomic mass is 35.5. The Balaban J connectivity index is 2.03. The summed E-state index contributed by atoms with van der Waals surface area (Å²) in [5, 5.41) is 3.59. The minimum Gasteiger partial charge on any atom is -0.354 e. The van der Waals surface area contributed by atoms with Crippen LogP contribution >= 0.6 is 23.4 Å². The monoisotopic (exact) mass is 446 g/mol. The summed E-state index contributed by atoms with van der Waals surface area (Å²) in [4.78, 5) is 27.3. The van der Waals surface area contributed by atoms with Crippen LogP contribution in [0.1, 0.15) is 43.4 Å². The van der Waals surface area contributed by atoms with Gasteiger partial charge in [-0.2, -0.15) is 0 Å². The molecule has 0 fully saturated rings. The second-order valence-electron chi connectivity index (χ2n) is 7.45. The molecular formula is C24H31ClN2O2S. The highest BCUT2D eigenvalue weighted by Crippen LogP contribution is 2.18. The van der Waals surface area contributed by atoms with Gasteiger partial charge < -0.3 is 10.2 Å². The highest BCUT2D eigenvalue weighted by molar-refractivity contribution is 7.99. The summed E-state index contributed by atoms with van der Waals surface area (Å²) in [6.07, 6.45) is 1.94. The Labute approximate surface area is 189 Å². The fourth-order valence-electron chi connectivity index (χ4n) is 3.05. The van der Waals surface area contributed by atoms with Crippen LogP contribution < -0.4 is 5.32 Å². The first-order chi connectivity index (χ1) is 14.4. The maximum atomic E-state index is 13.0. The normalized spacial score (nSPS) is 11.7. The van der Waals surface area contributed by atoms with Crippen LogP contribution in [0.15, 0.2) is 48.5 Å². The van der Waals surface area contributed by atoms with E-state index in [4.69, 9.17) is 11.6 Å². The summed E-state index contributed by atoms with van der Waals surface area (Å²) in [5.74, 6) is 0.933. The lowest BCUT2D eigenvalue weighted by molar-refractivity contribution is -0.138. The van der Waals surface area contributed by atoms with Crippen LogP contribution in [-0.4, -0.2) is 35.1 Å². The number of carbonyl (C=O) groups is 2. The summed E-state index contributed by atoms with van der Waals surface area (Å²) in [6.45, 7) is 6.94. The van der Waals surface area contributed by atoms with Crippen molar-refractivity contribution in [2.45, 2.75) is 52.0 Å². The number of hydrogen-bond donors (Lipinski definition) is 1. The lowest BCUT2D eigenvalue weighted by atomic mass is 10.1. The largest absolute Gasteiger partial charge is 0.354 e. The quantitative estimate of drug-likeness (QED) is 0.481. The number of aryl methyl sites for hydroxylation is 1. The Morgan fingerprint density at radius 2 is 1.87 bits per heavy atom. The third kappa shape index (κ3) is 8.04. The van der Waals surface area contributed by atoms with E-state index >= 15 is 0 Å². The van der Waals surface area contributed by atoms with Crippen molar-refractivity contribution in [2.75, 3.05) is 12.3 Å². The fourth-order valence-corrected chi connectivity index (χ4v) is 4.03. The van der Waals surface area contributed by atoms with E-state index in [1.807, 2.05) is 18.2 Å². The van der Waals surface area contributed by atoms with Crippen LogP contribution in [0.4, 0.5) is 0 Å². The molecule has 0 aromatic heterocycles. The number of carbonyl (C=O) groups excluding carboxylic acids is 2. The summed E-state index contributed by atoms with van der Waals surface area (Å²) in [7, 11) is 0. The maximum Gasteiger partial charge on any atom is 0.242 e. The molecule has 2 aromatic carbocycles. The van der Waals surface area contributed by atoms with E-state index in [1.165, 1.54) is 11.1 Å². The van der Waals surface area contributed by atoms with E-state index < -0.39 is 6.04 Å². The second-order valence-corrected chi connectivity index (χ2v) is 8.87. The zero-order chi connectivity index (χ0) is 21.9. The topological polar surface area (TPSA) is 49.4 Å². The minimum atomic E-state index is -0.537. The molecule has 2 aromatic rings. The molecule has 0 bridgehead atoms. The predicted octanol–water partition coefficient (Wildman–Crippen LogP) is 5.22. The number of amides is 2. The van der Waals surface area contributed by atoms with Crippen LogP contribution in [0.25, 0.3) is 0 Å². The molecule has 162 valence electrons. The van der Waals surface area contributed by atoms with E-state index in [9.17, 15) is 9.59 Å². The molecular weight excluding hydrogens is 416 g/mol.